The van der Waals surface area contributed by atoms with Crippen LogP contribution < -0.4 is 16.0 Å². The normalized spacial score (nSPS) is 13.8. The first-order chi connectivity index (χ1) is 12.0. The van der Waals surface area contributed by atoms with Crippen LogP contribution in [0.5, 0.6) is 0 Å². The molecule has 1 aliphatic rings. The molecule has 0 spiro atoms. The summed E-state index contributed by atoms with van der Waals surface area (Å²) in [6.07, 6.45) is 1.56. The van der Waals surface area contributed by atoms with Gasteiger partial charge in [-0.25, -0.2) is 0 Å². The number of primary amides is 1. The Bertz CT molecular complexity index is 815. The van der Waals surface area contributed by atoms with Crippen LogP contribution in [0.3, 0.4) is 0 Å². The molecular weight excluding hydrogens is 318 g/mol. The Morgan fingerprint density at radius 3 is 2.52 bits per heavy atom. The number of hydrogen-bond donors (Lipinski definition) is 2. The number of nitrogens with zero attached hydrogens (tertiary/aromatic N) is 1. The van der Waals surface area contributed by atoms with E-state index in [0.717, 1.165) is 17.7 Å². The Morgan fingerprint density at radius 2 is 1.88 bits per heavy atom. The van der Waals surface area contributed by atoms with Crippen molar-refractivity contribution in [3.05, 3.63) is 59.7 Å². The lowest BCUT2D eigenvalue weighted by Gasteiger charge is -2.16. The van der Waals surface area contributed by atoms with Crippen LogP contribution in [-0.4, -0.2) is 24.3 Å². The van der Waals surface area contributed by atoms with Crippen LogP contribution >= 0.6 is 0 Å². The summed E-state index contributed by atoms with van der Waals surface area (Å²) in [5.41, 5.74) is 7.80. The summed E-state index contributed by atoms with van der Waals surface area (Å²) < 4.78 is 0. The van der Waals surface area contributed by atoms with E-state index < -0.39 is 5.91 Å². The lowest BCUT2D eigenvalue weighted by Crippen LogP contribution is -2.24. The van der Waals surface area contributed by atoms with E-state index in [2.05, 4.69) is 5.32 Å². The highest BCUT2D eigenvalue weighted by atomic mass is 16.2. The largest absolute Gasteiger partial charge is 0.369 e. The van der Waals surface area contributed by atoms with E-state index in [1.807, 2.05) is 6.07 Å². The topological polar surface area (TPSA) is 92.5 Å². The average molecular weight is 337 g/mol. The maximum atomic E-state index is 12.4. The van der Waals surface area contributed by atoms with Crippen LogP contribution in [0.1, 0.15) is 28.8 Å². The predicted octanol–water partition coefficient (Wildman–Crippen LogP) is 2.09. The molecule has 2 aromatic carbocycles. The molecule has 0 atom stereocenters. The summed E-state index contributed by atoms with van der Waals surface area (Å²) in [6, 6.07) is 14.0. The number of carbonyl (C=O) groups is 3. The predicted molar refractivity (Wildman–Crippen MR) is 95.3 cm³/mol. The van der Waals surface area contributed by atoms with Crippen molar-refractivity contribution in [2.75, 3.05) is 16.8 Å². The summed E-state index contributed by atoms with van der Waals surface area (Å²) in [5, 5.41) is 2.81. The third kappa shape index (κ3) is 4.03. The van der Waals surface area contributed by atoms with Gasteiger partial charge < -0.3 is 16.0 Å². The van der Waals surface area contributed by atoms with Crippen molar-refractivity contribution in [3.63, 3.8) is 0 Å². The highest BCUT2D eigenvalue weighted by Gasteiger charge is 2.22. The number of nitrogens with two attached hydrogens (primary N) is 1. The molecule has 1 fully saturated rings. The van der Waals surface area contributed by atoms with Gasteiger partial charge in [0.05, 0.1) is 6.42 Å². The Morgan fingerprint density at radius 1 is 1.12 bits per heavy atom. The number of amides is 3. The molecule has 0 unspecified atom stereocenters. The number of nitrogens with one attached hydrogen (secondary N) is 1. The first-order valence-electron chi connectivity index (χ1n) is 8.12. The van der Waals surface area contributed by atoms with Gasteiger partial charge in [0.1, 0.15) is 0 Å². The molecule has 0 aromatic heterocycles. The second-order valence-electron chi connectivity index (χ2n) is 5.99. The second-order valence-corrected chi connectivity index (χ2v) is 5.99. The lowest BCUT2D eigenvalue weighted by molar-refractivity contribution is -0.118. The maximum Gasteiger partial charge on any atom is 0.255 e. The number of carbonyl (C=O) groups excluding carboxylic acids is 3. The van der Waals surface area contributed by atoms with E-state index >= 15 is 0 Å². The van der Waals surface area contributed by atoms with Crippen molar-refractivity contribution in [3.8, 4) is 0 Å². The van der Waals surface area contributed by atoms with Crippen LogP contribution in [-0.2, 0) is 16.0 Å². The third-order valence-electron chi connectivity index (χ3n) is 4.08. The van der Waals surface area contributed by atoms with Crippen molar-refractivity contribution in [1.29, 1.82) is 0 Å². The van der Waals surface area contributed by atoms with Crippen molar-refractivity contribution in [2.45, 2.75) is 19.3 Å². The fourth-order valence-corrected chi connectivity index (χ4v) is 2.85. The average Bonchev–Trinajstić information content (AvgIpc) is 3.02. The summed E-state index contributed by atoms with van der Waals surface area (Å²) in [6.45, 7) is 0.686. The van der Waals surface area contributed by atoms with E-state index in [1.165, 1.54) is 0 Å². The van der Waals surface area contributed by atoms with Gasteiger partial charge in [0.15, 0.2) is 0 Å². The van der Waals surface area contributed by atoms with E-state index in [0.29, 0.717) is 24.2 Å². The van der Waals surface area contributed by atoms with Gasteiger partial charge in [0.25, 0.3) is 5.91 Å². The molecule has 6 heteroatoms. The Balaban J connectivity index is 1.71. The van der Waals surface area contributed by atoms with E-state index in [1.54, 1.807) is 47.4 Å². The maximum absolute atomic E-state index is 12.4. The first-order valence-corrected chi connectivity index (χ1v) is 8.12. The van der Waals surface area contributed by atoms with Crippen molar-refractivity contribution >= 4 is 29.1 Å². The molecule has 0 bridgehead atoms. The zero-order chi connectivity index (χ0) is 17.8. The molecule has 0 radical (unpaired) electrons. The zero-order valence-electron chi connectivity index (χ0n) is 13.7. The Labute approximate surface area is 145 Å². The Kier molecular flexibility index (Phi) is 4.79. The molecule has 128 valence electrons. The smallest absolute Gasteiger partial charge is 0.255 e. The second kappa shape index (κ2) is 7.17. The number of anilines is 2. The summed E-state index contributed by atoms with van der Waals surface area (Å²) >= 11 is 0. The van der Waals surface area contributed by atoms with Crippen LogP contribution in [0.4, 0.5) is 11.4 Å². The third-order valence-corrected chi connectivity index (χ3v) is 4.08. The monoisotopic (exact) mass is 337 g/mol. The van der Waals surface area contributed by atoms with Gasteiger partial charge in [-0.05, 0) is 42.3 Å². The number of rotatable bonds is 5. The molecule has 0 aliphatic carbocycles. The molecule has 2 aromatic rings. The van der Waals surface area contributed by atoms with Gasteiger partial charge in [-0.3, -0.25) is 14.4 Å². The van der Waals surface area contributed by atoms with Crippen molar-refractivity contribution in [1.82, 2.24) is 0 Å². The minimum atomic E-state index is -0.398. The summed E-state index contributed by atoms with van der Waals surface area (Å²) in [5.74, 6) is -0.566. The van der Waals surface area contributed by atoms with Gasteiger partial charge in [-0.15, -0.1) is 0 Å². The minimum absolute atomic E-state index is 0.0857. The van der Waals surface area contributed by atoms with E-state index in [9.17, 15) is 14.4 Å². The minimum Gasteiger partial charge on any atom is -0.369 e. The highest BCUT2D eigenvalue weighted by Crippen LogP contribution is 2.22. The first kappa shape index (κ1) is 16.7. The fourth-order valence-electron chi connectivity index (χ4n) is 2.85. The zero-order valence-corrected chi connectivity index (χ0v) is 13.7. The molecule has 3 N–H and O–H groups in total. The lowest BCUT2D eigenvalue weighted by atomic mass is 10.1. The van der Waals surface area contributed by atoms with Crippen molar-refractivity contribution < 1.29 is 14.4 Å². The molecule has 1 aliphatic heterocycles. The molecular formula is C19H19N3O3. The van der Waals surface area contributed by atoms with Gasteiger partial charge >= 0.3 is 0 Å². The van der Waals surface area contributed by atoms with Crippen LogP contribution in [0, 0.1) is 0 Å². The molecule has 3 amide bonds. The van der Waals surface area contributed by atoms with Gasteiger partial charge in [0, 0.05) is 29.9 Å². The SMILES string of the molecule is NC(=O)Cc1ccc(NC(=O)c2cccc(N3CCCC3=O)c2)cc1. The summed E-state index contributed by atoms with van der Waals surface area (Å²) in [7, 11) is 0. The highest BCUT2D eigenvalue weighted by molar-refractivity contribution is 6.05. The molecule has 3 rings (SSSR count). The van der Waals surface area contributed by atoms with E-state index in [-0.39, 0.29) is 18.2 Å². The number of hydrogen-bond acceptors (Lipinski definition) is 3. The fraction of sp³-hybridized carbons (Fsp3) is 0.211. The molecule has 1 heterocycles. The van der Waals surface area contributed by atoms with Gasteiger partial charge in [-0.2, -0.15) is 0 Å². The van der Waals surface area contributed by atoms with Crippen LogP contribution in [0.15, 0.2) is 48.5 Å². The molecule has 25 heavy (non-hydrogen) atoms. The van der Waals surface area contributed by atoms with Gasteiger partial charge in [-0.1, -0.05) is 18.2 Å². The molecule has 0 saturated carbocycles. The molecule has 6 nitrogen and oxygen atoms in total. The van der Waals surface area contributed by atoms with Crippen LogP contribution in [0.25, 0.3) is 0 Å². The van der Waals surface area contributed by atoms with Crippen LogP contribution in [0.2, 0.25) is 0 Å². The standard InChI is InChI=1S/C19H19N3O3/c20-17(23)11-13-6-8-15(9-7-13)21-19(25)14-3-1-4-16(12-14)22-10-2-5-18(22)24/h1,3-4,6-9,12H,2,5,10-11H2,(H2,20,23)(H,21,25). The Hall–Kier alpha value is -3.15. The van der Waals surface area contributed by atoms with Crippen molar-refractivity contribution in [2.24, 2.45) is 5.73 Å². The van der Waals surface area contributed by atoms with Gasteiger partial charge in [0.2, 0.25) is 11.8 Å². The van der Waals surface area contributed by atoms with E-state index in [4.69, 9.17) is 5.73 Å². The number of benzene rings is 2. The quantitative estimate of drug-likeness (QED) is 0.875. The molecule has 1 saturated heterocycles. The summed E-state index contributed by atoms with van der Waals surface area (Å²) in [4.78, 5) is 36.9.